The Morgan fingerprint density at radius 1 is 0.368 bits per heavy atom. The zero-order valence-electron chi connectivity index (χ0n) is 51.2. The van der Waals surface area contributed by atoms with E-state index in [1.807, 2.05) is 0 Å². The lowest BCUT2D eigenvalue weighted by Gasteiger charge is -2.11. The van der Waals surface area contributed by atoms with Crippen LogP contribution >= 0.6 is 11.3 Å². The van der Waals surface area contributed by atoms with Crippen LogP contribution in [0.1, 0.15) is 30.2 Å². The van der Waals surface area contributed by atoms with Crippen LogP contribution < -0.4 is 0 Å². The monoisotopic (exact) mass is 764 g/mol. The summed E-state index contributed by atoms with van der Waals surface area (Å²) in [6.07, 6.45) is 0. The maximum Gasteiger partial charge on any atom is 0.0645 e. The highest BCUT2D eigenvalue weighted by Crippen LogP contribution is 2.44. The summed E-state index contributed by atoms with van der Waals surface area (Å²) in [4.78, 5) is 0. The molecular formula is C54H34N2S. The van der Waals surface area contributed by atoms with Crippen molar-refractivity contribution in [2.45, 2.75) is 0 Å². The molecular weight excluding hydrogens is 709 g/mol. The molecule has 0 N–H and O–H groups in total. The second kappa shape index (κ2) is 12.7. The van der Waals surface area contributed by atoms with Gasteiger partial charge in [0, 0.05) is 53.1 Å². The van der Waals surface area contributed by atoms with Crippen molar-refractivity contribution in [2.24, 2.45) is 0 Å². The van der Waals surface area contributed by atoms with Crippen molar-refractivity contribution in [2.75, 3.05) is 0 Å². The molecule has 0 saturated carbocycles. The molecule has 0 spiro atoms. The molecule has 0 unspecified atom stereocenters. The smallest absolute Gasteiger partial charge is 0.0645 e. The highest BCUT2D eigenvalue weighted by Gasteiger charge is 2.19. The molecule has 3 aromatic heterocycles. The van der Waals surface area contributed by atoms with E-state index in [1.165, 1.54) is 39.5 Å². The van der Waals surface area contributed by atoms with Gasteiger partial charge in [-0.05, 0) is 106 Å². The van der Waals surface area contributed by atoms with E-state index in [-0.39, 0.29) is 133 Å². The van der Waals surface area contributed by atoms with Gasteiger partial charge in [-0.1, -0.05) is 133 Å². The molecule has 266 valence electrons. The summed E-state index contributed by atoms with van der Waals surface area (Å²) in [6.45, 7) is 0. The van der Waals surface area contributed by atoms with Crippen molar-refractivity contribution >= 4 is 75.1 Å². The molecule has 12 aromatic rings. The van der Waals surface area contributed by atoms with E-state index in [2.05, 4.69) is 0 Å². The summed E-state index contributed by atoms with van der Waals surface area (Å²) >= 11 is 0.911. The Bertz CT molecular complexity index is 4810. The fourth-order valence-corrected chi connectivity index (χ4v) is 8.67. The minimum atomic E-state index is -0.672. The van der Waals surface area contributed by atoms with Crippen LogP contribution in [0.4, 0.5) is 0 Å². The van der Waals surface area contributed by atoms with E-state index in [0.29, 0.717) is 5.69 Å². The first-order chi connectivity index (χ1) is 37.4. The van der Waals surface area contributed by atoms with Crippen LogP contribution in [0.3, 0.4) is 0 Å². The fourth-order valence-electron chi connectivity index (χ4n) is 7.66. The van der Waals surface area contributed by atoms with Crippen LogP contribution in [-0.2, 0) is 0 Å². The quantitative estimate of drug-likeness (QED) is 0.165. The number of hydrogen-bond donors (Lipinski definition) is 0. The zero-order valence-corrected chi connectivity index (χ0v) is 30.0. The Kier molecular flexibility index (Phi) is 3.85. The Morgan fingerprint density at radius 2 is 1.16 bits per heavy atom. The largest absolute Gasteiger partial charge is 0.309 e. The van der Waals surface area contributed by atoms with Gasteiger partial charge in [0.05, 0.1) is 52.2 Å². The molecule has 0 saturated heterocycles. The Hall–Kier alpha value is -7.20. The number of fused-ring (bicyclic) bond motifs is 9. The third kappa shape index (κ3) is 4.96. The van der Waals surface area contributed by atoms with Gasteiger partial charge in [-0.3, -0.25) is 0 Å². The van der Waals surface area contributed by atoms with Crippen LogP contribution in [0.15, 0.2) is 206 Å². The van der Waals surface area contributed by atoms with E-state index in [9.17, 15) is 12.3 Å². The average molecular weight is 765 g/mol. The molecule has 0 atom stereocenters. The first-order valence-electron chi connectivity index (χ1n) is 28.7. The SMILES string of the molecule is [2H]c1cc([2H])c([2H])c(-c2c([2H])cc([2H])c(-c3c([2H])c([2H])c([2H])c4sc5c([2H])cc(-n6c7c([2H])c([2H])c(-c8cc([2H])c([2H])c9c8c8c([2H])c([2H])c([2H])c([2H])c8n9-c8ccccc8)cc7c7c([2H])c([2H])c([2H])c([2H])c76)cc5c34)c2[2H])c1. The number of aromatic nitrogens is 2. The maximum absolute atomic E-state index is 9.89. The lowest BCUT2D eigenvalue weighted by atomic mass is 9.96. The topological polar surface area (TPSA) is 9.86 Å². The van der Waals surface area contributed by atoms with E-state index >= 15 is 0 Å². The number of nitrogens with zero attached hydrogens (tertiary/aromatic N) is 2. The van der Waals surface area contributed by atoms with E-state index in [1.54, 1.807) is 30.3 Å². The van der Waals surface area contributed by atoms with Gasteiger partial charge in [0.2, 0.25) is 0 Å². The second-order valence-electron chi connectivity index (χ2n) is 13.2. The summed E-state index contributed by atoms with van der Waals surface area (Å²) in [5.74, 6) is 0. The number of hydrogen-bond acceptors (Lipinski definition) is 1. The number of rotatable bonds is 5. The van der Waals surface area contributed by atoms with E-state index in [0.717, 1.165) is 23.5 Å². The molecule has 3 heteroatoms. The molecule has 0 amide bonds. The molecule has 0 aliphatic heterocycles. The van der Waals surface area contributed by atoms with Gasteiger partial charge in [0.1, 0.15) is 0 Å². The van der Waals surface area contributed by atoms with Crippen molar-refractivity contribution in [3.8, 4) is 44.8 Å². The Labute approximate surface area is 364 Å². The lowest BCUT2D eigenvalue weighted by molar-refractivity contribution is 1.18. The zero-order chi connectivity index (χ0) is 56.6. The molecule has 0 radical (unpaired) electrons. The third-order valence-electron chi connectivity index (χ3n) is 10.1. The number of para-hydroxylation sites is 3. The van der Waals surface area contributed by atoms with Crippen LogP contribution in [0.25, 0.3) is 109 Å². The minimum absolute atomic E-state index is 0.000978. The van der Waals surface area contributed by atoms with Gasteiger partial charge in [-0.2, -0.15) is 0 Å². The summed E-state index contributed by atoms with van der Waals surface area (Å²) in [7, 11) is 0. The first-order valence-corrected chi connectivity index (χ1v) is 18.5. The van der Waals surface area contributed by atoms with Gasteiger partial charge >= 0.3 is 0 Å². The normalized spacial score (nSPS) is 17.3. The summed E-state index contributed by atoms with van der Waals surface area (Å²) in [5, 5.41) is 0.0312. The second-order valence-corrected chi connectivity index (χ2v) is 14.2. The number of benzene rings is 9. The molecule has 0 aliphatic carbocycles. The lowest BCUT2D eigenvalue weighted by Crippen LogP contribution is -1.93. The molecule has 0 bridgehead atoms. The summed E-state index contributed by atoms with van der Waals surface area (Å²) in [6, 6.07) is 6.84. The van der Waals surface area contributed by atoms with Crippen molar-refractivity contribution in [3.63, 3.8) is 0 Å². The highest BCUT2D eigenvalue weighted by atomic mass is 32.1. The standard InChI is InChI=1S/C54H34N2S/c1-3-14-35(15-4-1)36-16-11-17-37(32-36)42-23-13-27-52-54(42)46-34-40(29-31-51(46)57-52)56-47-24-9-7-20-43(47)45-33-38(28-30-49(45)56)41-22-12-26-50-53(41)44-21-8-10-25-48(44)55(50)39-18-5-2-6-19-39/h1-34H/i3D,4D,7D,8D,9D,10D,12D,13D,14D,16D,17D,20D,21D,23D,24D,25D,26D,27D,28D,30D,31D,32D. The predicted molar refractivity (Wildman–Crippen MR) is 244 cm³/mol. The maximum atomic E-state index is 9.89. The highest BCUT2D eigenvalue weighted by molar-refractivity contribution is 7.26. The van der Waals surface area contributed by atoms with Gasteiger partial charge in [0.15, 0.2) is 0 Å². The predicted octanol–water partition coefficient (Wildman–Crippen LogP) is 15.2. The van der Waals surface area contributed by atoms with Crippen molar-refractivity contribution < 1.29 is 30.2 Å². The van der Waals surface area contributed by atoms with Crippen LogP contribution in [0.5, 0.6) is 0 Å². The van der Waals surface area contributed by atoms with Crippen LogP contribution in [-0.4, -0.2) is 9.13 Å². The average Bonchev–Trinajstić information content (AvgIpc) is 4.33. The summed E-state index contributed by atoms with van der Waals surface area (Å²) in [5.41, 5.74) is -0.921. The van der Waals surface area contributed by atoms with Gasteiger partial charge < -0.3 is 9.13 Å². The van der Waals surface area contributed by atoms with Crippen molar-refractivity contribution in [1.29, 1.82) is 0 Å². The minimum Gasteiger partial charge on any atom is -0.309 e. The summed E-state index contributed by atoms with van der Waals surface area (Å²) < 4.78 is 203. The van der Waals surface area contributed by atoms with Crippen molar-refractivity contribution in [3.05, 3.63) is 206 Å². The molecule has 2 nitrogen and oxygen atoms in total. The van der Waals surface area contributed by atoms with Crippen LogP contribution in [0.2, 0.25) is 0 Å². The third-order valence-corrected chi connectivity index (χ3v) is 11.1. The number of thiophene rings is 1. The molecule has 0 aliphatic rings. The van der Waals surface area contributed by atoms with Crippen LogP contribution in [0, 0.1) is 0 Å². The van der Waals surface area contributed by atoms with Gasteiger partial charge in [0.25, 0.3) is 0 Å². The Balaban J connectivity index is 1.21. The van der Waals surface area contributed by atoms with Crippen molar-refractivity contribution in [1.82, 2.24) is 9.13 Å². The molecule has 57 heavy (non-hydrogen) atoms. The van der Waals surface area contributed by atoms with Gasteiger partial charge in [-0.25, -0.2) is 0 Å². The Morgan fingerprint density at radius 3 is 2.07 bits per heavy atom. The van der Waals surface area contributed by atoms with Gasteiger partial charge in [-0.15, -0.1) is 11.3 Å². The molecule has 12 rings (SSSR count). The molecule has 3 heterocycles. The first kappa shape index (κ1) is 17.3. The fraction of sp³-hybridized carbons (Fsp3) is 0. The van der Waals surface area contributed by atoms with E-state index in [4.69, 9.17) is 17.8 Å². The molecule has 0 fully saturated rings. The van der Waals surface area contributed by atoms with E-state index < -0.39 is 103 Å². The molecule has 9 aromatic carbocycles.